The zero-order chi connectivity index (χ0) is 27.5. The Balaban J connectivity index is 1.99. The number of benzene rings is 2. The molecule has 38 heavy (non-hydrogen) atoms. The SMILES string of the molecule is CO[C@@H]1O[C@H]([C@H](COC(C)=O)OC(C)=O)[C@@H](OCc2ccccc2)[C@H](OCc2ccccc2)[C@H]1NC(C)=O. The summed E-state index contributed by atoms with van der Waals surface area (Å²) in [4.78, 5) is 35.8. The molecule has 0 aliphatic carbocycles. The summed E-state index contributed by atoms with van der Waals surface area (Å²) < 4.78 is 35.3. The van der Waals surface area contributed by atoms with E-state index in [1.807, 2.05) is 60.7 Å². The number of methoxy groups -OCH3 is 1. The molecule has 1 aliphatic rings. The third kappa shape index (κ3) is 8.63. The van der Waals surface area contributed by atoms with Gasteiger partial charge in [-0.1, -0.05) is 60.7 Å². The zero-order valence-electron chi connectivity index (χ0n) is 22.0. The highest BCUT2D eigenvalue weighted by atomic mass is 16.7. The van der Waals surface area contributed by atoms with Crippen molar-refractivity contribution in [3.05, 3.63) is 71.8 Å². The van der Waals surface area contributed by atoms with Crippen molar-refractivity contribution in [3.63, 3.8) is 0 Å². The van der Waals surface area contributed by atoms with Crippen LogP contribution in [0.2, 0.25) is 0 Å². The molecule has 0 unspecified atom stereocenters. The number of esters is 2. The highest BCUT2D eigenvalue weighted by Crippen LogP contribution is 2.31. The van der Waals surface area contributed by atoms with Crippen LogP contribution in [0.3, 0.4) is 0 Å². The van der Waals surface area contributed by atoms with Crippen LogP contribution in [-0.4, -0.2) is 68.3 Å². The molecule has 0 radical (unpaired) electrons. The molecule has 10 heteroatoms. The van der Waals surface area contributed by atoms with Gasteiger partial charge in [0.2, 0.25) is 5.91 Å². The van der Waals surface area contributed by atoms with Gasteiger partial charge in [-0.2, -0.15) is 0 Å². The van der Waals surface area contributed by atoms with Crippen LogP contribution in [0.1, 0.15) is 31.9 Å². The van der Waals surface area contributed by atoms with Gasteiger partial charge in [-0.05, 0) is 11.1 Å². The van der Waals surface area contributed by atoms with Crippen molar-refractivity contribution < 1.29 is 42.8 Å². The molecule has 2 aromatic carbocycles. The summed E-state index contributed by atoms with van der Waals surface area (Å²) in [5.41, 5.74) is 1.80. The maximum Gasteiger partial charge on any atom is 0.303 e. The van der Waals surface area contributed by atoms with E-state index < -0.39 is 48.7 Å². The average molecular weight is 530 g/mol. The van der Waals surface area contributed by atoms with Crippen molar-refractivity contribution in [2.75, 3.05) is 13.7 Å². The van der Waals surface area contributed by atoms with Crippen molar-refractivity contribution in [2.24, 2.45) is 0 Å². The fourth-order valence-electron chi connectivity index (χ4n) is 4.28. The minimum atomic E-state index is -1.03. The molecule has 1 saturated heterocycles. The van der Waals surface area contributed by atoms with Gasteiger partial charge in [0, 0.05) is 27.9 Å². The molecule has 0 spiro atoms. The Morgan fingerprint density at radius 2 is 1.39 bits per heavy atom. The molecule has 6 atom stereocenters. The molecule has 3 rings (SSSR count). The van der Waals surface area contributed by atoms with E-state index in [0.29, 0.717) is 0 Å². The highest BCUT2D eigenvalue weighted by Gasteiger charge is 2.52. The van der Waals surface area contributed by atoms with E-state index >= 15 is 0 Å². The smallest absolute Gasteiger partial charge is 0.303 e. The summed E-state index contributed by atoms with van der Waals surface area (Å²) in [5, 5.41) is 2.86. The minimum Gasteiger partial charge on any atom is -0.462 e. The normalized spacial score (nSPS) is 23.7. The van der Waals surface area contributed by atoms with Crippen molar-refractivity contribution in [2.45, 2.75) is 70.7 Å². The van der Waals surface area contributed by atoms with Crippen LogP contribution >= 0.6 is 0 Å². The molecule has 1 heterocycles. The van der Waals surface area contributed by atoms with E-state index in [9.17, 15) is 14.4 Å². The third-order valence-electron chi connectivity index (χ3n) is 5.89. The molecule has 2 aromatic rings. The summed E-state index contributed by atoms with van der Waals surface area (Å²) in [5.74, 6) is -1.45. The van der Waals surface area contributed by atoms with Gasteiger partial charge < -0.3 is 33.7 Å². The molecular weight excluding hydrogens is 494 g/mol. The number of carbonyl (C=O) groups excluding carboxylic acids is 3. The summed E-state index contributed by atoms with van der Waals surface area (Å²) in [6.45, 7) is 4.01. The van der Waals surface area contributed by atoms with E-state index in [2.05, 4.69) is 5.32 Å². The van der Waals surface area contributed by atoms with Crippen molar-refractivity contribution >= 4 is 17.8 Å². The average Bonchev–Trinajstić information content (AvgIpc) is 2.89. The molecule has 0 saturated carbocycles. The van der Waals surface area contributed by atoms with Crippen LogP contribution in [0.5, 0.6) is 0 Å². The first-order chi connectivity index (χ1) is 18.3. The number of carbonyl (C=O) groups is 3. The lowest BCUT2D eigenvalue weighted by molar-refractivity contribution is -0.296. The van der Waals surface area contributed by atoms with Gasteiger partial charge in [0.1, 0.15) is 31.0 Å². The first kappa shape index (κ1) is 29.2. The lowest BCUT2D eigenvalue weighted by atomic mass is 9.92. The van der Waals surface area contributed by atoms with E-state index in [0.717, 1.165) is 11.1 Å². The number of nitrogens with one attached hydrogen (secondary N) is 1. The van der Waals surface area contributed by atoms with Crippen molar-refractivity contribution in [3.8, 4) is 0 Å². The summed E-state index contributed by atoms with van der Waals surface area (Å²) >= 11 is 0. The van der Waals surface area contributed by atoms with Gasteiger partial charge in [-0.25, -0.2) is 0 Å². The quantitative estimate of drug-likeness (QED) is 0.414. The molecule has 1 aliphatic heterocycles. The predicted octanol–water partition coefficient (Wildman–Crippen LogP) is 2.53. The largest absolute Gasteiger partial charge is 0.462 e. The second-order valence-electron chi connectivity index (χ2n) is 8.90. The molecular formula is C28H35NO9. The lowest BCUT2D eigenvalue weighted by Crippen LogP contribution is -2.67. The standard InChI is InChI=1S/C28H35NO9/c1-18(30)29-24-26(35-15-21-11-7-5-8-12-21)27(36-16-22-13-9-6-10-14-22)25(38-28(24)33-4)23(37-20(3)32)17-34-19(2)31/h5-14,23-28H,15-17H2,1-4H3,(H,29,30)/t23-,24+,25+,26+,27+,28+/m0/s1. The van der Waals surface area contributed by atoms with E-state index in [1.54, 1.807) is 0 Å². The minimum absolute atomic E-state index is 0.182. The Morgan fingerprint density at radius 3 is 1.87 bits per heavy atom. The fraction of sp³-hybridized carbons (Fsp3) is 0.464. The summed E-state index contributed by atoms with van der Waals surface area (Å²) in [6.07, 6.45) is -4.62. The van der Waals surface area contributed by atoms with Gasteiger partial charge in [-0.15, -0.1) is 0 Å². The van der Waals surface area contributed by atoms with E-state index in [4.69, 9.17) is 28.4 Å². The zero-order valence-corrected chi connectivity index (χ0v) is 22.0. The molecule has 1 amide bonds. The van der Waals surface area contributed by atoms with Crippen LogP contribution in [0.25, 0.3) is 0 Å². The molecule has 0 aromatic heterocycles. The predicted molar refractivity (Wildman–Crippen MR) is 135 cm³/mol. The molecule has 1 fully saturated rings. The fourth-order valence-corrected chi connectivity index (χ4v) is 4.28. The van der Waals surface area contributed by atoms with Crippen LogP contribution in [0.15, 0.2) is 60.7 Å². The Morgan fingerprint density at radius 1 is 0.842 bits per heavy atom. The van der Waals surface area contributed by atoms with E-state index in [-0.39, 0.29) is 25.7 Å². The second kappa shape index (κ2) is 14.6. The summed E-state index contributed by atoms with van der Waals surface area (Å²) in [6, 6.07) is 18.3. The van der Waals surface area contributed by atoms with Gasteiger partial charge >= 0.3 is 11.9 Å². The van der Waals surface area contributed by atoms with Crippen molar-refractivity contribution in [1.29, 1.82) is 0 Å². The third-order valence-corrected chi connectivity index (χ3v) is 5.89. The van der Waals surface area contributed by atoms with Crippen molar-refractivity contribution in [1.82, 2.24) is 5.32 Å². The second-order valence-corrected chi connectivity index (χ2v) is 8.90. The van der Waals surface area contributed by atoms with Gasteiger partial charge in [-0.3, -0.25) is 14.4 Å². The van der Waals surface area contributed by atoms with Crippen LogP contribution in [0.4, 0.5) is 0 Å². The highest BCUT2D eigenvalue weighted by molar-refractivity contribution is 5.73. The molecule has 1 N–H and O–H groups in total. The Labute approximate surface area is 222 Å². The number of hydrogen-bond donors (Lipinski definition) is 1. The maximum absolute atomic E-state index is 12.2. The number of rotatable bonds is 12. The Kier molecular flexibility index (Phi) is 11.2. The van der Waals surface area contributed by atoms with Crippen LogP contribution in [0, 0.1) is 0 Å². The monoisotopic (exact) mass is 529 g/mol. The number of amides is 1. The maximum atomic E-state index is 12.2. The van der Waals surface area contributed by atoms with Crippen LogP contribution < -0.4 is 5.32 Å². The summed E-state index contributed by atoms with van der Waals surface area (Å²) in [7, 11) is 1.43. The molecule has 206 valence electrons. The Bertz CT molecular complexity index is 1030. The molecule has 0 bridgehead atoms. The van der Waals surface area contributed by atoms with E-state index in [1.165, 1.54) is 27.9 Å². The number of hydrogen-bond acceptors (Lipinski definition) is 9. The Hall–Kier alpha value is -3.31. The molecule has 10 nitrogen and oxygen atoms in total. The van der Waals surface area contributed by atoms with Crippen LogP contribution in [-0.2, 0) is 56.0 Å². The van der Waals surface area contributed by atoms with Gasteiger partial charge in [0.25, 0.3) is 0 Å². The lowest BCUT2D eigenvalue weighted by Gasteiger charge is -2.47. The van der Waals surface area contributed by atoms with Gasteiger partial charge in [0.05, 0.1) is 13.2 Å². The first-order valence-corrected chi connectivity index (χ1v) is 12.4. The topological polar surface area (TPSA) is 119 Å². The first-order valence-electron chi connectivity index (χ1n) is 12.4. The number of ether oxygens (including phenoxy) is 6. The van der Waals surface area contributed by atoms with Gasteiger partial charge in [0.15, 0.2) is 12.4 Å².